The van der Waals surface area contributed by atoms with Crippen LogP contribution in [0.4, 0.5) is 10.3 Å². The Morgan fingerprint density at radius 3 is 2.56 bits per heavy atom. The normalized spacial score (nSPS) is 13.4. The molecule has 0 atom stereocenters. The molecule has 0 radical (unpaired) electrons. The number of amides is 2. The molecule has 36 heavy (non-hydrogen) atoms. The Balaban J connectivity index is 1.51. The van der Waals surface area contributed by atoms with Gasteiger partial charge in [0.1, 0.15) is 11.3 Å². The van der Waals surface area contributed by atoms with Crippen LogP contribution in [0.1, 0.15) is 51.1 Å². The zero-order valence-corrected chi connectivity index (χ0v) is 19.4. The van der Waals surface area contributed by atoms with Crippen molar-refractivity contribution in [1.29, 1.82) is 5.26 Å². The molecule has 1 saturated heterocycles. The van der Waals surface area contributed by atoms with E-state index in [9.17, 15) is 14.0 Å². The maximum absolute atomic E-state index is 13.4. The lowest BCUT2D eigenvalue weighted by Crippen LogP contribution is -2.35. The first-order chi connectivity index (χ1) is 17.5. The number of likely N-dealkylation sites (tertiary alicyclic amines) is 1. The first-order valence-corrected chi connectivity index (χ1v) is 11.7. The molecule has 1 N–H and O–H groups in total. The highest BCUT2D eigenvalue weighted by Gasteiger charge is 2.21. The number of halogens is 1. The van der Waals surface area contributed by atoms with Crippen molar-refractivity contribution in [3.63, 3.8) is 0 Å². The zero-order valence-electron chi connectivity index (χ0n) is 19.4. The Morgan fingerprint density at radius 2 is 1.81 bits per heavy atom. The largest absolute Gasteiger partial charge is 0.339 e. The van der Waals surface area contributed by atoms with Gasteiger partial charge < -0.3 is 4.90 Å². The summed E-state index contributed by atoms with van der Waals surface area (Å²) in [6.07, 6.45) is 4.62. The second kappa shape index (κ2) is 9.96. The molecule has 1 fully saturated rings. The summed E-state index contributed by atoms with van der Waals surface area (Å²) in [7, 11) is 0. The minimum absolute atomic E-state index is 0.0870. The molecule has 0 spiro atoms. The second-order valence-electron chi connectivity index (χ2n) is 8.71. The molecule has 0 saturated carbocycles. The quantitative estimate of drug-likeness (QED) is 0.455. The van der Waals surface area contributed by atoms with Gasteiger partial charge >= 0.3 is 0 Å². The number of nitriles is 1. The van der Waals surface area contributed by atoms with Gasteiger partial charge in [0.25, 0.3) is 11.8 Å². The fourth-order valence-electron chi connectivity index (χ4n) is 4.33. The Labute approximate surface area is 207 Å². The number of carbonyl (C=O) groups is 2. The molecule has 0 bridgehead atoms. The van der Waals surface area contributed by atoms with E-state index < -0.39 is 5.91 Å². The van der Waals surface area contributed by atoms with Crippen LogP contribution < -0.4 is 5.32 Å². The number of hydrogen-bond acceptors (Lipinski definition) is 5. The molecule has 3 heterocycles. The summed E-state index contributed by atoms with van der Waals surface area (Å²) in [4.78, 5) is 36.9. The van der Waals surface area contributed by atoms with Crippen LogP contribution in [0.3, 0.4) is 0 Å². The van der Waals surface area contributed by atoms with E-state index in [0.717, 1.165) is 37.9 Å². The van der Waals surface area contributed by atoms with E-state index in [0.29, 0.717) is 27.9 Å². The molecule has 4 aromatic rings. The Hall–Kier alpha value is -4.58. The van der Waals surface area contributed by atoms with Crippen LogP contribution in [0.5, 0.6) is 0 Å². The van der Waals surface area contributed by atoms with Gasteiger partial charge in [-0.1, -0.05) is 18.2 Å². The molecule has 1 aliphatic rings. The van der Waals surface area contributed by atoms with Crippen LogP contribution in [0.15, 0.2) is 60.8 Å². The smallest absolute Gasteiger partial charge is 0.258 e. The minimum atomic E-state index is -0.438. The fraction of sp³-hybridized carbons (Fsp3) is 0.222. The van der Waals surface area contributed by atoms with Crippen LogP contribution in [-0.2, 0) is 6.54 Å². The summed E-state index contributed by atoms with van der Waals surface area (Å²) >= 11 is 0. The van der Waals surface area contributed by atoms with Gasteiger partial charge in [0.2, 0.25) is 5.95 Å². The average Bonchev–Trinajstić information content (AvgIpc) is 3.25. The van der Waals surface area contributed by atoms with Crippen molar-refractivity contribution in [2.45, 2.75) is 25.8 Å². The van der Waals surface area contributed by atoms with Gasteiger partial charge in [0.15, 0.2) is 5.65 Å². The summed E-state index contributed by atoms with van der Waals surface area (Å²) in [5.41, 5.74) is 2.84. The number of hydrogen-bond donors (Lipinski definition) is 1. The van der Waals surface area contributed by atoms with Gasteiger partial charge in [-0.15, -0.1) is 0 Å². The van der Waals surface area contributed by atoms with Gasteiger partial charge in [-0.3, -0.25) is 19.5 Å². The summed E-state index contributed by atoms with van der Waals surface area (Å²) < 4.78 is 15.2. The fourth-order valence-corrected chi connectivity index (χ4v) is 4.33. The Bertz CT molecular complexity index is 1480. The molecule has 180 valence electrons. The minimum Gasteiger partial charge on any atom is -0.339 e. The second-order valence-corrected chi connectivity index (χ2v) is 8.71. The van der Waals surface area contributed by atoms with Gasteiger partial charge in [0, 0.05) is 24.8 Å². The van der Waals surface area contributed by atoms with Crippen LogP contribution >= 0.6 is 0 Å². The number of fused-ring (bicyclic) bond motifs is 1. The van der Waals surface area contributed by atoms with E-state index in [2.05, 4.69) is 15.3 Å². The van der Waals surface area contributed by atoms with E-state index in [1.807, 2.05) is 11.0 Å². The molecule has 5 rings (SSSR count). The third-order valence-corrected chi connectivity index (χ3v) is 6.21. The van der Waals surface area contributed by atoms with E-state index >= 15 is 0 Å². The molecule has 0 aliphatic carbocycles. The molecule has 9 heteroatoms. The lowest BCUT2D eigenvalue weighted by atomic mass is 10.1. The van der Waals surface area contributed by atoms with Crippen LogP contribution in [0.25, 0.3) is 11.2 Å². The lowest BCUT2D eigenvalue weighted by molar-refractivity contribution is 0.0724. The standard InChI is InChI=1S/C27H23FN6O2/c28-22-9-7-18(8-10-22)17-34-24-23(14-21(16-30-24)26(36)33-11-2-1-3-12-33)31-27(34)32-25(35)20-6-4-5-19(13-20)15-29/h4-10,13-14,16H,1-3,11-12,17H2,(H,31,32,35). The number of nitrogens with one attached hydrogen (secondary N) is 1. The molecule has 8 nitrogen and oxygen atoms in total. The number of aromatic nitrogens is 3. The maximum atomic E-state index is 13.4. The third-order valence-electron chi connectivity index (χ3n) is 6.21. The molecule has 1 aliphatic heterocycles. The van der Waals surface area contributed by atoms with Crippen LogP contribution in [0.2, 0.25) is 0 Å². The van der Waals surface area contributed by atoms with Crippen molar-refractivity contribution in [3.8, 4) is 6.07 Å². The maximum Gasteiger partial charge on any atom is 0.258 e. The Morgan fingerprint density at radius 1 is 1.03 bits per heavy atom. The summed E-state index contributed by atoms with van der Waals surface area (Å²) in [5, 5.41) is 12.0. The van der Waals surface area contributed by atoms with Crippen molar-refractivity contribution in [2.24, 2.45) is 0 Å². The van der Waals surface area contributed by atoms with E-state index in [1.165, 1.54) is 24.4 Å². The number of nitrogens with zero attached hydrogens (tertiary/aromatic N) is 5. The predicted octanol–water partition coefficient (Wildman–Crippen LogP) is 4.37. The van der Waals surface area contributed by atoms with Gasteiger partial charge in [0.05, 0.1) is 23.7 Å². The van der Waals surface area contributed by atoms with Crippen molar-refractivity contribution >= 4 is 28.9 Å². The van der Waals surface area contributed by atoms with E-state index in [4.69, 9.17) is 5.26 Å². The monoisotopic (exact) mass is 482 g/mol. The third kappa shape index (κ3) is 4.79. The molecule has 2 aromatic heterocycles. The average molecular weight is 483 g/mol. The lowest BCUT2D eigenvalue weighted by Gasteiger charge is -2.26. The highest BCUT2D eigenvalue weighted by atomic mass is 19.1. The first-order valence-electron chi connectivity index (χ1n) is 11.7. The topological polar surface area (TPSA) is 104 Å². The number of pyridine rings is 1. The molecule has 2 amide bonds. The van der Waals surface area contributed by atoms with Crippen molar-refractivity contribution in [2.75, 3.05) is 18.4 Å². The van der Waals surface area contributed by atoms with Crippen molar-refractivity contribution in [1.82, 2.24) is 19.4 Å². The molecular weight excluding hydrogens is 459 g/mol. The van der Waals surface area contributed by atoms with Crippen molar-refractivity contribution < 1.29 is 14.0 Å². The predicted molar refractivity (Wildman–Crippen MR) is 132 cm³/mol. The number of benzene rings is 2. The zero-order chi connectivity index (χ0) is 25.1. The van der Waals surface area contributed by atoms with Crippen LogP contribution in [-0.4, -0.2) is 44.3 Å². The van der Waals surface area contributed by atoms with Gasteiger partial charge in [-0.25, -0.2) is 14.4 Å². The molecule has 2 aromatic carbocycles. The highest BCUT2D eigenvalue weighted by molar-refractivity contribution is 6.04. The van der Waals surface area contributed by atoms with E-state index in [1.54, 1.807) is 41.0 Å². The first kappa shape index (κ1) is 23.2. The molecule has 0 unspecified atom stereocenters. The molecular formula is C27H23FN6O2. The summed E-state index contributed by atoms with van der Waals surface area (Å²) in [6.45, 7) is 1.72. The Kier molecular flexibility index (Phi) is 6.41. The summed E-state index contributed by atoms with van der Waals surface area (Å²) in [5.74, 6) is -0.639. The van der Waals surface area contributed by atoms with Crippen molar-refractivity contribution in [3.05, 3.63) is 88.9 Å². The SMILES string of the molecule is N#Cc1cccc(C(=O)Nc2nc3cc(C(=O)N4CCCCC4)cnc3n2Cc2ccc(F)cc2)c1. The number of rotatable bonds is 5. The highest BCUT2D eigenvalue weighted by Crippen LogP contribution is 2.23. The number of piperidine rings is 1. The summed E-state index contributed by atoms with van der Waals surface area (Å²) in [6, 6.07) is 16.1. The van der Waals surface area contributed by atoms with E-state index in [-0.39, 0.29) is 24.2 Å². The number of carbonyl (C=O) groups excluding carboxylic acids is 2. The van der Waals surface area contributed by atoms with Gasteiger partial charge in [-0.2, -0.15) is 5.26 Å². The number of imidazole rings is 1. The van der Waals surface area contributed by atoms with Crippen LogP contribution in [0, 0.1) is 17.1 Å². The number of anilines is 1. The van der Waals surface area contributed by atoms with Gasteiger partial charge in [-0.05, 0) is 61.2 Å².